The fourth-order valence-corrected chi connectivity index (χ4v) is 6.52. The Morgan fingerprint density at radius 3 is 2.38 bits per heavy atom. The maximum Gasteiger partial charge on any atom is 0.418 e. The van der Waals surface area contributed by atoms with Crippen molar-refractivity contribution in [1.29, 1.82) is 5.26 Å². The maximum absolute atomic E-state index is 14.4. The lowest BCUT2D eigenvalue weighted by molar-refractivity contribution is -0.136. The fraction of sp³-hybridized carbons (Fsp3) is 0.406. The topological polar surface area (TPSA) is 112 Å². The molecule has 6 rings (SSSR count). The molecule has 0 saturated carbocycles. The van der Waals surface area contributed by atoms with Gasteiger partial charge in [-0.1, -0.05) is 11.9 Å². The number of piperazine rings is 1. The average Bonchev–Trinajstić information content (AvgIpc) is 3.08. The number of hydrogen-bond donors (Lipinski definition) is 2. The molecule has 0 atom stereocenters. The van der Waals surface area contributed by atoms with Crippen molar-refractivity contribution in [3.05, 3.63) is 60.0 Å². The van der Waals surface area contributed by atoms with Crippen molar-refractivity contribution in [3.63, 3.8) is 0 Å². The highest BCUT2D eigenvalue weighted by atomic mass is 32.2. The summed E-state index contributed by atoms with van der Waals surface area (Å²) in [6.07, 6.45) is 3.60. The summed E-state index contributed by atoms with van der Waals surface area (Å²) in [6, 6.07) is 10.4. The van der Waals surface area contributed by atoms with Gasteiger partial charge in [0.15, 0.2) is 5.82 Å². The van der Waals surface area contributed by atoms with Crippen LogP contribution in [0.3, 0.4) is 0 Å². The predicted molar refractivity (Wildman–Crippen MR) is 181 cm³/mol. The Balaban J connectivity index is 1.24. The van der Waals surface area contributed by atoms with Crippen LogP contribution in [0.5, 0.6) is 0 Å². The Morgan fingerprint density at radius 1 is 0.957 bits per heavy atom. The number of likely N-dealkylation sites (N-methyl/N-ethyl adjacent to an activating group) is 1. The van der Waals surface area contributed by atoms with Crippen molar-refractivity contribution in [2.75, 3.05) is 79.5 Å². The summed E-state index contributed by atoms with van der Waals surface area (Å²) in [5.41, 5.74) is 2.30. The van der Waals surface area contributed by atoms with E-state index in [1.165, 1.54) is 30.3 Å². The number of benzene rings is 2. The standard InChI is InChI=1S/C32H36F3N11S/c1-43-14-16-46(17-15-43)22-8-12-45(13-9-22)23-4-5-25(24(18-23)32(33,34)35)41-31-39-20-21(19-36)30(42-31)40-27-7-6-26-28(38-11-10-37-26)29(27)44(2)47-3/h4-7,10-11,18,20,22H,8-9,12-17H2,1-3H3,(H2,39,40,41,42). The van der Waals surface area contributed by atoms with Gasteiger partial charge in [0.05, 0.1) is 34.3 Å². The highest BCUT2D eigenvalue weighted by Crippen LogP contribution is 2.40. The van der Waals surface area contributed by atoms with Gasteiger partial charge in [0.2, 0.25) is 5.95 Å². The van der Waals surface area contributed by atoms with Gasteiger partial charge >= 0.3 is 6.18 Å². The number of nitrogens with zero attached hydrogens (tertiary/aromatic N) is 9. The number of nitrogens with one attached hydrogen (secondary N) is 2. The molecule has 4 aromatic rings. The number of anilines is 6. The minimum Gasteiger partial charge on any atom is -0.371 e. The van der Waals surface area contributed by atoms with E-state index in [0.29, 0.717) is 47.2 Å². The van der Waals surface area contributed by atoms with Gasteiger partial charge in [0.25, 0.3) is 0 Å². The van der Waals surface area contributed by atoms with E-state index >= 15 is 0 Å². The van der Waals surface area contributed by atoms with Crippen molar-refractivity contribution in [2.45, 2.75) is 25.1 Å². The van der Waals surface area contributed by atoms with Crippen LogP contribution in [0.4, 0.5) is 47.7 Å². The Hall–Kier alpha value is -4.39. The largest absolute Gasteiger partial charge is 0.418 e. The van der Waals surface area contributed by atoms with E-state index in [1.54, 1.807) is 30.6 Å². The molecule has 2 N–H and O–H groups in total. The van der Waals surface area contributed by atoms with Crippen molar-refractivity contribution in [3.8, 4) is 6.07 Å². The van der Waals surface area contributed by atoms with Crippen molar-refractivity contribution in [1.82, 2.24) is 29.7 Å². The second-order valence-corrected chi connectivity index (χ2v) is 12.6. The summed E-state index contributed by atoms with van der Waals surface area (Å²) >= 11 is 1.46. The Labute approximate surface area is 275 Å². The Kier molecular flexibility index (Phi) is 9.53. The molecular formula is C32H36F3N11S. The molecule has 2 aliphatic rings. The lowest BCUT2D eigenvalue weighted by Crippen LogP contribution is -2.52. The molecule has 246 valence electrons. The first-order valence-corrected chi connectivity index (χ1v) is 16.5. The molecule has 47 heavy (non-hydrogen) atoms. The molecule has 11 nitrogen and oxygen atoms in total. The van der Waals surface area contributed by atoms with Crippen LogP contribution in [-0.2, 0) is 6.18 Å². The molecule has 0 aliphatic carbocycles. The van der Waals surface area contributed by atoms with Crippen LogP contribution in [0.1, 0.15) is 24.0 Å². The van der Waals surface area contributed by atoms with E-state index in [0.717, 1.165) is 39.0 Å². The van der Waals surface area contributed by atoms with Gasteiger partial charge < -0.3 is 24.7 Å². The zero-order chi connectivity index (χ0) is 33.1. The number of fused-ring (bicyclic) bond motifs is 1. The normalized spacial score (nSPS) is 16.7. The summed E-state index contributed by atoms with van der Waals surface area (Å²) < 4.78 is 45.2. The lowest BCUT2D eigenvalue weighted by Gasteiger charge is -2.42. The second-order valence-electron chi connectivity index (χ2n) is 11.7. The molecule has 4 heterocycles. The monoisotopic (exact) mass is 663 g/mol. The van der Waals surface area contributed by atoms with Crippen LogP contribution in [0, 0.1) is 11.3 Å². The molecule has 0 unspecified atom stereocenters. The van der Waals surface area contributed by atoms with Crippen molar-refractivity contribution >= 4 is 57.5 Å². The molecule has 2 saturated heterocycles. The molecule has 2 aliphatic heterocycles. The number of halogens is 3. The molecule has 0 amide bonds. The molecule has 0 spiro atoms. The van der Waals surface area contributed by atoms with E-state index < -0.39 is 11.7 Å². The summed E-state index contributed by atoms with van der Waals surface area (Å²) in [6.45, 7) is 5.53. The van der Waals surface area contributed by atoms with Crippen molar-refractivity contribution < 1.29 is 13.2 Å². The number of alkyl halides is 3. The van der Waals surface area contributed by atoms with Gasteiger partial charge in [-0.3, -0.25) is 14.9 Å². The van der Waals surface area contributed by atoms with E-state index in [-0.39, 0.29) is 23.0 Å². The quantitative estimate of drug-likeness (QED) is 0.225. The first-order valence-electron chi connectivity index (χ1n) is 15.4. The smallest absolute Gasteiger partial charge is 0.371 e. The molecule has 15 heteroatoms. The van der Waals surface area contributed by atoms with Gasteiger partial charge in [-0.2, -0.15) is 23.4 Å². The third kappa shape index (κ3) is 7.14. The van der Waals surface area contributed by atoms with Gasteiger partial charge in [-0.25, -0.2) is 4.98 Å². The highest BCUT2D eigenvalue weighted by molar-refractivity contribution is 7.99. The van der Waals surface area contributed by atoms with Gasteiger partial charge in [0, 0.05) is 76.7 Å². The third-order valence-electron chi connectivity index (χ3n) is 8.80. The molecule has 0 radical (unpaired) electrons. The first kappa shape index (κ1) is 32.5. The SMILES string of the molecule is CSN(C)c1c(Nc2nc(Nc3ccc(N4CCC(N5CCN(C)CC5)CC4)cc3C(F)(F)F)ncc2C#N)ccc2nccnc12. The average molecular weight is 664 g/mol. The van der Waals surface area contributed by atoms with Crippen LogP contribution in [0.2, 0.25) is 0 Å². The summed E-state index contributed by atoms with van der Waals surface area (Å²) in [7, 11) is 4.00. The summed E-state index contributed by atoms with van der Waals surface area (Å²) in [5, 5.41) is 15.7. The zero-order valence-corrected chi connectivity index (χ0v) is 27.2. The molecule has 2 fully saturated rings. The molecule has 0 bridgehead atoms. The summed E-state index contributed by atoms with van der Waals surface area (Å²) in [5.74, 6) is 0.0514. The van der Waals surface area contributed by atoms with Crippen LogP contribution >= 0.6 is 11.9 Å². The van der Waals surface area contributed by atoms with Gasteiger partial charge in [-0.05, 0) is 50.2 Å². The van der Waals surface area contributed by atoms with Crippen molar-refractivity contribution in [2.24, 2.45) is 0 Å². The fourth-order valence-electron chi connectivity index (χ4n) is 6.15. The number of piperidine rings is 1. The van der Waals surface area contributed by atoms with E-state index in [4.69, 9.17) is 0 Å². The zero-order valence-electron chi connectivity index (χ0n) is 26.4. The minimum absolute atomic E-state index is 0.0851. The molecule has 2 aromatic carbocycles. The second kappa shape index (κ2) is 13.8. The van der Waals surface area contributed by atoms with E-state index in [2.05, 4.69) is 53.5 Å². The van der Waals surface area contributed by atoms with Gasteiger partial charge in [-0.15, -0.1) is 0 Å². The van der Waals surface area contributed by atoms with Crippen LogP contribution in [0.15, 0.2) is 48.9 Å². The highest BCUT2D eigenvalue weighted by Gasteiger charge is 2.35. The molecule has 2 aromatic heterocycles. The van der Waals surface area contributed by atoms with Crippen LogP contribution in [0.25, 0.3) is 11.0 Å². The van der Waals surface area contributed by atoms with E-state index in [9.17, 15) is 18.4 Å². The molecular weight excluding hydrogens is 627 g/mol. The number of hydrogen-bond acceptors (Lipinski definition) is 12. The Bertz CT molecular complexity index is 1760. The predicted octanol–water partition coefficient (Wildman–Crippen LogP) is 5.73. The van der Waals surface area contributed by atoms with Crippen LogP contribution in [-0.4, -0.2) is 95.4 Å². The number of nitriles is 1. The van der Waals surface area contributed by atoms with Gasteiger partial charge in [0.1, 0.15) is 17.1 Å². The van der Waals surface area contributed by atoms with Crippen LogP contribution < -0.4 is 19.8 Å². The number of rotatable bonds is 8. The maximum atomic E-state index is 14.4. The lowest BCUT2D eigenvalue weighted by atomic mass is 10.0. The Morgan fingerprint density at radius 2 is 1.68 bits per heavy atom. The summed E-state index contributed by atoms with van der Waals surface area (Å²) in [4.78, 5) is 24.3. The van der Waals surface area contributed by atoms with E-state index in [1.807, 2.05) is 22.5 Å². The first-order chi connectivity index (χ1) is 22.6. The minimum atomic E-state index is -4.62. The number of aromatic nitrogens is 4. The third-order valence-corrected chi connectivity index (χ3v) is 9.53.